The first kappa shape index (κ1) is 12.6. The van der Waals surface area contributed by atoms with E-state index in [4.69, 9.17) is 5.11 Å². The highest BCUT2D eigenvalue weighted by Gasteiger charge is 2.26. The molecule has 3 heterocycles. The van der Waals surface area contributed by atoms with Crippen LogP contribution in [-0.4, -0.2) is 43.6 Å². The fraction of sp³-hybridized carbons (Fsp3) is 0.385. The maximum Gasteiger partial charge on any atom is 0.354 e. The number of aromatic nitrogens is 4. The average molecular weight is 273 g/mol. The van der Waals surface area contributed by atoms with Gasteiger partial charge in [-0.25, -0.2) is 9.78 Å². The monoisotopic (exact) mass is 273 g/mol. The Balaban J connectivity index is 1.81. The molecule has 1 aliphatic rings. The molecular weight excluding hydrogens is 258 g/mol. The number of rotatable bonds is 4. The van der Waals surface area contributed by atoms with Crippen LogP contribution in [0.4, 0.5) is 5.82 Å². The highest BCUT2D eigenvalue weighted by Crippen LogP contribution is 2.24. The third-order valence-electron chi connectivity index (χ3n) is 3.49. The molecule has 0 aromatic carbocycles. The van der Waals surface area contributed by atoms with Crippen LogP contribution in [-0.2, 0) is 6.54 Å². The third kappa shape index (κ3) is 2.47. The second-order valence-electron chi connectivity index (χ2n) is 4.80. The quantitative estimate of drug-likeness (QED) is 0.896. The van der Waals surface area contributed by atoms with Gasteiger partial charge in [-0.3, -0.25) is 4.68 Å². The molecule has 0 spiro atoms. The maximum absolute atomic E-state index is 11.0. The summed E-state index contributed by atoms with van der Waals surface area (Å²) in [5.41, 5.74) is 0.0777. The van der Waals surface area contributed by atoms with Gasteiger partial charge in [0.2, 0.25) is 0 Å². The second-order valence-corrected chi connectivity index (χ2v) is 4.80. The minimum atomic E-state index is -1.00. The predicted molar refractivity (Wildman–Crippen MR) is 71.6 cm³/mol. The van der Waals surface area contributed by atoms with Crippen LogP contribution in [0.5, 0.6) is 0 Å². The summed E-state index contributed by atoms with van der Waals surface area (Å²) in [5.74, 6) is -0.286. The molecule has 0 unspecified atom stereocenters. The van der Waals surface area contributed by atoms with Crippen molar-refractivity contribution in [1.82, 2.24) is 20.0 Å². The number of carboxylic acid groups (broad SMARTS) is 1. The number of nitrogens with zero attached hydrogens (tertiary/aromatic N) is 5. The molecule has 0 saturated carbocycles. The SMILES string of the molecule is O=C(O)c1cccc(N2CCC[C@H]2Cn2ccnn2)n1. The fourth-order valence-electron chi connectivity index (χ4n) is 2.58. The van der Waals surface area contributed by atoms with Gasteiger partial charge in [0.05, 0.1) is 18.8 Å². The molecule has 0 amide bonds. The van der Waals surface area contributed by atoms with Crippen molar-refractivity contribution >= 4 is 11.8 Å². The maximum atomic E-state index is 11.0. The molecule has 0 aliphatic carbocycles. The summed E-state index contributed by atoms with van der Waals surface area (Å²) < 4.78 is 1.80. The van der Waals surface area contributed by atoms with Crippen LogP contribution in [0.2, 0.25) is 0 Å². The van der Waals surface area contributed by atoms with Crippen LogP contribution >= 0.6 is 0 Å². The number of pyridine rings is 1. The molecule has 1 aliphatic heterocycles. The molecule has 1 saturated heterocycles. The van der Waals surface area contributed by atoms with E-state index in [1.807, 2.05) is 12.3 Å². The van der Waals surface area contributed by atoms with Crippen molar-refractivity contribution in [2.45, 2.75) is 25.4 Å². The minimum Gasteiger partial charge on any atom is -0.477 e. The zero-order chi connectivity index (χ0) is 13.9. The van der Waals surface area contributed by atoms with Gasteiger partial charge in [0.1, 0.15) is 5.82 Å². The van der Waals surface area contributed by atoms with Crippen LogP contribution in [0.25, 0.3) is 0 Å². The van der Waals surface area contributed by atoms with E-state index in [0.717, 1.165) is 25.9 Å². The van der Waals surface area contributed by atoms with Crippen molar-refractivity contribution < 1.29 is 9.90 Å². The molecule has 0 radical (unpaired) electrons. The summed E-state index contributed by atoms with van der Waals surface area (Å²) in [5, 5.41) is 16.8. The number of carbonyl (C=O) groups is 1. The van der Waals surface area contributed by atoms with E-state index in [0.29, 0.717) is 5.82 Å². The molecular formula is C13H15N5O2. The van der Waals surface area contributed by atoms with E-state index in [-0.39, 0.29) is 11.7 Å². The predicted octanol–water partition coefficient (Wildman–Crippen LogP) is 1.04. The van der Waals surface area contributed by atoms with Gasteiger partial charge in [0.25, 0.3) is 0 Å². The standard InChI is InChI=1S/C13H15N5O2/c19-13(20)11-4-1-5-12(15-11)18-7-2-3-10(18)9-17-8-6-14-16-17/h1,4-6,8,10H,2-3,7,9H2,(H,19,20)/t10-/m0/s1. The number of carboxylic acids is 1. The van der Waals surface area contributed by atoms with Gasteiger partial charge < -0.3 is 10.0 Å². The van der Waals surface area contributed by atoms with Gasteiger partial charge in [-0.1, -0.05) is 11.3 Å². The lowest BCUT2D eigenvalue weighted by atomic mass is 10.2. The molecule has 2 aromatic rings. The van der Waals surface area contributed by atoms with Crippen molar-refractivity contribution in [2.24, 2.45) is 0 Å². The van der Waals surface area contributed by atoms with Crippen molar-refractivity contribution in [2.75, 3.05) is 11.4 Å². The summed E-state index contributed by atoms with van der Waals surface area (Å²) in [6, 6.07) is 5.37. The molecule has 1 fully saturated rings. The highest BCUT2D eigenvalue weighted by molar-refractivity contribution is 5.85. The molecule has 1 N–H and O–H groups in total. The zero-order valence-corrected chi connectivity index (χ0v) is 10.9. The van der Waals surface area contributed by atoms with E-state index < -0.39 is 5.97 Å². The van der Waals surface area contributed by atoms with Crippen molar-refractivity contribution in [3.05, 3.63) is 36.3 Å². The molecule has 3 rings (SSSR count). The lowest BCUT2D eigenvalue weighted by Crippen LogP contribution is -2.34. The normalized spacial score (nSPS) is 18.4. The lowest BCUT2D eigenvalue weighted by Gasteiger charge is -2.25. The molecule has 7 heteroatoms. The Hall–Kier alpha value is -2.44. The van der Waals surface area contributed by atoms with Gasteiger partial charge >= 0.3 is 5.97 Å². The Morgan fingerprint density at radius 3 is 3.10 bits per heavy atom. The minimum absolute atomic E-state index is 0.0777. The topological polar surface area (TPSA) is 84.1 Å². The van der Waals surface area contributed by atoms with Crippen molar-refractivity contribution in [1.29, 1.82) is 0 Å². The molecule has 7 nitrogen and oxygen atoms in total. The zero-order valence-electron chi connectivity index (χ0n) is 10.9. The Kier molecular flexibility index (Phi) is 3.32. The Labute approximate surface area is 115 Å². The highest BCUT2D eigenvalue weighted by atomic mass is 16.4. The summed E-state index contributed by atoms with van der Waals surface area (Å²) in [6.45, 7) is 1.62. The summed E-state index contributed by atoms with van der Waals surface area (Å²) in [6.07, 6.45) is 5.59. The van der Waals surface area contributed by atoms with Gasteiger partial charge in [-0.15, -0.1) is 5.10 Å². The Morgan fingerprint density at radius 1 is 1.45 bits per heavy atom. The second kappa shape index (κ2) is 5.28. The van der Waals surface area contributed by atoms with Crippen LogP contribution in [0.3, 0.4) is 0 Å². The first-order valence-electron chi connectivity index (χ1n) is 6.55. The lowest BCUT2D eigenvalue weighted by molar-refractivity contribution is 0.0690. The molecule has 20 heavy (non-hydrogen) atoms. The average Bonchev–Trinajstić information content (AvgIpc) is 3.11. The van der Waals surface area contributed by atoms with Crippen LogP contribution in [0, 0.1) is 0 Å². The molecule has 1 atom stereocenters. The Morgan fingerprint density at radius 2 is 2.35 bits per heavy atom. The smallest absolute Gasteiger partial charge is 0.354 e. The van der Waals surface area contributed by atoms with Crippen LogP contribution in [0.1, 0.15) is 23.3 Å². The van der Waals surface area contributed by atoms with E-state index in [1.165, 1.54) is 6.07 Å². The van der Waals surface area contributed by atoms with Gasteiger partial charge in [-0.2, -0.15) is 0 Å². The van der Waals surface area contributed by atoms with Crippen LogP contribution in [0.15, 0.2) is 30.6 Å². The molecule has 0 bridgehead atoms. The molecule has 104 valence electrons. The third-order valence-corrected chi connectivity index (χ3v) is 3.49. The fourth-order valence-corrected chi connectivity index (χ4v) is 2.58. The largest absolute Gasteiger partial charge is 0.477 e. The van der Waals surface area contributed by atoms with E-state index in [2.05, 4.69) is 20.2 Å². The van der Waals surface area contributed by atoms with E-state index >= 15 is 0 Å². The molecule has 2 aromatic heterocycles. The number of aromatic carboxylic acids is 1. The van der Waals surface area contributed by atoms with E-state index in [9.17, 15) is 4.79 Å². The van der Waals surface area contributed by atoms with Gasteiger partial charge in [0.15, 0.2) is 5.69 Å². The number of anilines is 1. The van der Waals surface area contributed by atoms with E-state index in [1.54, 1.807) is 16.9 Å². The van der Waals surface area contributed by atoms with Crippen molar-refractivity contribution in [3.8, 4) is 0 Å². The summed E-state index contributed by atoms with van der Waals surface area (Å²) in [7, 11) is 0. The van der Waals surface area contributed by atoms with Gasteiger partial charge in [0, 0.05) is 12.7 Å². The van der Waals surface area contributed by atoms with Crippen LogP contribution < -0.4 is 4.90 Å². The summed E-state index contributed by atoms with van der Waals surface area (Å²) in [4.78, 5) is 17.4. The Bertz CT molecular complexity index is 599. The first-order valence-corrected chi connectivity index (χ1v) is 6.55. The first-order chi connectivity index (χ1) is 9.74. The number of hydrogen-bond acceptors (Lipinski definition) is 5. The van der Waals surface area contributed by atoms with Crippen molar-refractivity contribution in [3.63, 3.8) is 0 Å². The summed E-state index contributed by atoms with van der Waals surface area (Å²) >= 11 is 0. The number of hydrogen-bond donors (Lipinski definition) is 1. The van der Waals surface area contributed by atoms with Gasteiger partial charge in [-0.05, 0) is 25.0 Å².